The second-order valence-electron chi connectivity index (χ2n) is 7.12. The van der Waals surface area contributed by atoms with E-state index in [1.165, 1.54) is 15.9 Å². The van der Waals surface area contributed by atoms with Crippen LogP contribution in [0.15, 0.2) is 91.0 Å². The van der Waals surface area contributed by atoms with Crippen LogP contribution < -0.4 is 39.9 Å². The molecule has 3 aromatic carbocycles. The number of hydrogen-bond donors (Lipinski definition) is 0. The van der Waals surface area contributed by atoms with Gasteiger partial charge in [0, 0.05) is 6.42 Å². The average molecular weight is 504 g/mol. The third-order valence-corrected chi connectivity index (χ3v) is 9.82. The van der Waals surface area contributed by atoms with Gasteiger partial charge in [-0.05, 0) is 43.3 Å². The summed E-state index contributed by atoms with van der Waals surface area (Å²) in [5, 5.41) is 4.22. The lowest BCUT2D eigenvalue weighted by molar-refractivity contribution is -0.142. The third-order valence-electron chi connectivity index (χ3n) is 5.39. The summed E-state index contributed by atoms with van der Waals surface area (Å²) in [6, 6.07) is 32.9. The lowest BCUT2D eigenvalue weighted by Crippen LogP contribution is -3.00. The van der Waals surface area contributed by atoms with Gasteiger partial charge in [-0.3, -0.25) is 0 Å². The van der Waals surface area contributed by atoms with Crippen LogP contribution in [0, 0.1) is 0 Å². The highest BCUT2D eigenvalue weighted by Crippen LogP contribution is 2.56. The zero-order valence-electron chi connectivity index (χ0n) is 16.1. The van der Waals surface area contributed by atoms with E-state index in [1.807, 2.05) is 0 Å². The van der Waals surface area contributed by atoms with Crippen LogP contribution in [0.5, 0.6) is 0 Å². The number of halogens is 1. The van der Waals surface area contributed by atoms with Gasteiger partial charge in [-0.25, -0.2) is 0 Å². The SMILES string of the molecule is CC1(CC[P+](c2ccccc2)(c2ccccc2)c2ccccc2)OCCO1.[I-]. The Kier molecular flexibility index (Phi) is 7.27. The van der Waals surface area contributed by atoms with Crippen molar-refractivity contribution in [1.82, 2.24) is 0 Å². The van der Waals surface area contributed by atoms with Crippen LogP contribution in [-0.2, 0) is 9.47 Å². The first-order valence-electron chi connectivity index (χ1n) is 9.56. The molecule has 1 aliphatic rings. The van der Waals surface area contributed by atoms with Crippen molar-refractivity contribution in [1.29, 1.82) is 0 Å². The smallest absolute Gasteiger partial charge is 0.169 e. The summed E-state index contributed by atoms with van der Waals surface area (Å²) in [6.45, 7) is 3.45. The quantitative estimate of drug-likeness (QED) is 0.371. The monoisotopic (exact) mass is 504 g/mol. The van der Waals surface area contributed by atoms with Gasteiger partial charge in [0.15, 0.2) is 5.79 Å². The average Bonchev–Trinajstić information content (AvgIpc) is 3.18. The molecule has 0 aromatic heterocycles. The Morgan fingerprint density at radius 1 is 0.679 bits per heavy atom. The Balaban J connectivity index is 0.00000225. The fourth-order valence-electron chi connectivity index (χ4n) is 3.95. The Hall–Kier alpha value is -1.26. The third kappa shape index (κ3) is 4.33. The lowest BCUT2D eigenvalue weighted by Gasteiger charge is -2.31. The van der Waals surface area contributed by atoms with Gasteiger partial charge in [0.1, 0.15) is 23.2 Å². The summed E-state index contributed by atoms with van der Waals surface area (Å²) in [5.41, 5.74) is 0. The minimum atomic E-state index is -1.81. The highest BCUT2D eigenvalue weighted by atomic mass is 127. The van der Waals surface area contributed by atoms with Crippen molar-refractivity contribution in [2.24, 2.45) is 0 Å². The van der Waals surface area contributed by atoms with Crippen molar-refractivity contribution >= 4 is 23.2 Å². The summed E-state index contributed by atoms with van der Waals surface area (Å²) in [7, 11) is -1.81. The van der Waals surface area contributed by atoms with Crippen molar-refractivity contribution in [3.05, 3.63) is 91.0 Å². The summed E-state index contributed by atoms with van der Waals surface area (Å²) in [5.74, 6) is -0.483. The van der Waals surface area contributed by atoms with E-state index in [0.29, 0.717) is 13.2 Å². The summed E-state index contributed by atoms with van der Waals surface area (Å²) < 4.78 is 11.9. The molecule has 0 N–H and O–H groups in total. The molecule has 1 aliphatic heterocycles. The molecule has 0 radical (unpaired) electrons. The predicted molar refractivity (Wildman–Crippen MR) is 115 cm³/mol. The number of benzene rings is 3. The molecule has 0 bridgehead atoms. The highest BCUT2D eigenvalue weighted by molar-refractivity contribution is 7.95. The molecule has 4 heteroatoms. The first-order valence-corrected chi connectivity index (χ1v) is 11.5. The van der Waals surface area contributed by atoms with E-state index in [9.17, 15) is 0 Å². The Labute approximate surface area is 185 Å². The van der Waals surface area contributed by atoms with Gasteiger partial charge >= 0.3 is 0 Å². The van der Waals surface area contributed by atoms with Crippen molar-refractivity contribution < 1.29 is 33.5 Å². The van der Waals surface area contributed by atoms with Crippen molar-refractivity contribution in [3.8, 4) is 0 Å². The molecule has 1 saturated heterocycles. The van der Waals surface area contributed by atoms with E-state index in [0.717, 1.165) is 12.6 Å². The maximum absolute atomic E-state index is 5.94. The first kappa shape index (κ1) is 21.4. The van der Waals surface area contributed by atoms with Gasteiger partial charge < -0.3 is 33.5 Å². The fourth-order valence-corrected chi connectivity index (χ4v) is 8.41. The Morgan fingerprint density at radius 3 is 1.39 bits per heavy atom. The molecule has 0 unspecified atom stereocenters. The number of ether oxygens (including phenoxy) is 2. The van der Waals surface area contributed by atoms with Crippen LogP contribution in [0.4, 0.5) is 0 Å². The molecule has 0 atom stereocenters. The minimum absolute atomic E-state index is 0. The topological polar surface area (TPSA) is 18.5 Å². The molecule has 4 rings (SSSR count). The molecule has 1 heterocycles. The molecule has 0 saturated carbocycles. The lowest BCUT2D eigenvalue weighted by atomic mass is 10.2. The normalized spacial score (nSPS) is 15.8. The molecule has 0 amide bonds. The van der Waals surface area contributed by atoms with Gasteiger partial charge in [-0.2, -0.15) is 0 Å². The minimum Gasteiger partial charge on any atom is -1.00 e. The van der Waals surface area contributed by atoms with Crippen molar-refractivity contribution in [3.63, 3.8) is 0 Å². The summed E-state index contributed by atoms with van der Waals surface area (Å²) in [4.78, 5) is 0. The van der Waals surface area contributed by atoms with E-state index >= 15 is 0 Å². The zero-order valence-corrected chi connectivity index (χ0v) is 19.2. The van der Waals surface area contributed by atoms with Gasteiger partial charge in [0.2, 0.25) is 0 Å². The van der Waals surface area contributed by atoms with E-state index < -0.39 is 13.0 Å². The largest absolute Gasteiger partial charge is 1.00 e. The van der Waals surface area contributed by atoms with Crippen LogP contribution in [-0.4, -0.2) is 25.2 Å². The summed E-state index contributed by atoms with van der Waals surface area (Å²) >= 11 is 0. The fraction of sp³-hybridized carbons (Fsp3) is 0.250. The van der Waals surface area contributed by atoms with Gasteiger partial charge in [0.25, 0.3) is 0 Å². The molecule has 1 fully saturated rings. The molecule has 28 heavy (non-hydrogen) atoms. The first-order chi connectivity index (χ1) is 13.2. The molecule has 0 aliphatic carbocycles. The molecule has 0 spiro atoms. The van der Waals surface area contributed by atoms with Crippen molar-refractivity contribution in [2.45, 2.75) is 19.1 Å². The van der Waals surface area contributed by atoms with Gasteiger partial charge in [-0.15, -0.1) is 0 Å². The van der Waals surface area contributed by atoms with Crippen molar-refractivity contribution in [2.75, 3.05) is 19.4 Å². The second kappa shape index (κ2) is 9.49. The molecule has 2 nitrogen and oxygen atoms in total. The molecule has 3 aromatic rings. The molecular weight excluding hydrogens is 478 g/mol. The van der Waals surface area contributed by atoms with Gasteiger partial charge in [-0.1, -0.05) is 54.6 Å². The van der Waals surface area contributed by atoms with E-state index in [1.54, 1.807) is 0 Å². The van der Waals surface area contributed by atoms with Crippen LogP contribution in [0.25, 0.3) is 0 Å². The van der Waals surface area contributed by atoms with E-state index in [2.05, 4.69) is 97.9 Å². The zero-order chi connectivity index (χ0) is 18.6. The maximum atomic E-state index is 5.94. The molecule has 146 valence electrons. The number of rotatable bonds is 6. The predicted octanol–water partition coefficient (Wildman–Crippen LogP) is 1.14. The molecular formula is C24H26IO2P. The highest BCUT2D eigenvalue weighted by Gasteiger charge is 2.47. The van der Waals surface area contributed by atoms with E-state index in [-0.39, 0.29) is 24.0 Å². The standard InChI is InChI=1S/C24H26O2P.HI/c1-24(25-18-19-26-24)17-20-27(21-11-5-2-6-12-21,22-13-7-3-8-14-22)23-15-9-4-10-16-23;/h2-16H,17-20H2,1H3;1H/q+1;/p-1. The van der Waals surface area contributed by atoms with Crippen LogP contribution in [0.2, 0.25) is 0 Å². The van der Waals surface area contributed by atoms with E-state index in [4.69, 9.17) is 9.47 Å². The van der Waals surface area contributed by atoms with Crippen LogP contribution in [0.3, 0.4) is 0 Å². The van der Waals surface area contributed by atoms with Crippen LogP contribution in [0.1, 0.15) is 13.3 Å². The Bertz CT molecular complexity index is 753. The summed E-state index contributed by atoms with van der Waals surface area (Å²) in [6.07, 6.45) is 1.89. The van der Waals surface area contributed by atoms with Crippen LogP contribution >= 0.6 is 7.26 Å². The Morgan fingerprint density at radius 2 is 1.04 bits per heavy atom. The second-order valence-corrected chi connectivity index (χ2v) is 10.7. The van der Waals surface area contributed by atoms with Gasteiger partial charge in [0.05, 0.1) is 19.4 Å². The number of hydrogen-bond acceptors (Lipinski definition) is 2. The maximum Gasteiger partial charge on any atom is 0.169 e.